The zero-order chi connectivity index (χ0) is 16.7. The molecule has 0 saturated heterocycles. The van der Waals surface area contributed by atoms with E-state index < -0.39 is 5.82 Å². The Labute approximate surface area is 134 Å². The Hall–Kier alpha value is -2.82. The van der Waals surface area contributed by atoms with Gasteiger partial charge in [0, 0.05) is 29.6 Å². The quantitative estimate of drug-likeness (QED) is 0.619. The second kappa shape index (κ2) is 7.98. The van der Waals surface area contributed by atoms with Gasteiger partial charge in [-0.1, -0.05) is 0 Å². The van der Waals surface area contributed by atoms with Crippen LogP contribution in [0.25, 0.3) is 0 Å². The fraction of sp³-hybridized carbons (Fsp3) is 0.167. The molecule has 0 radical (unpaired) electrons. The first-order chi connectivity index (χ1) is 11.1. The van der Waals surface area contributed by atoms with Gasteiger partial charge in [0.2, 0.25) is 0 Å². The lowest BCUT2D eigenvalue weighted by Crippen LogP contribution is -1.98. The monoisotopic (exact) mass is 315 g/mol. The number of ketones is 1. The summed E-state index contributed by atoms with van der Waals surface area (Å²) in [6.45, 7) is 2.48. The summed E-state index contributed by atoms with van der Waals surface area (Å²) in [5.41, 5.74) is 1.08. The average molecular weight is 315 g/mol. The van der Waals surface area contributed by atoms with Gasteiger partial charge in [-0.3, -0.25) is 4.79 Å². The number of ether oxygens (including phenoxy) is 2. The van der Waals surface area contributed by atoms with Crippen molar-refractivity contribution >= 4 is 11.5 Å². The van der Waals surface area contributed by atoms with Gasteiger partial charge < -0.3 is 14.8 Å². The Morgan fingerprint density at radius 2 is 1.96 bits per heavy atom. The fourth-order valence-electron chi connectivity index (χ4n) is 1.95. The van der Waals surface area contributed by atoms with Crippen LogP contribution in [0.15, 0.2) is 54.7 Å². The summed E-state index contributed by atoms with van der Waals surface area (Å²) in [5, 5.41) is 2.85. The first-order valence-corrected chi connectivity index (χ1v) is 7.18. The minimum absolute atomic E-state index is 0.158. The van der Waals surface area contributed by atoms with Gasteiger partial charge in [-0.2, -0.15) is 0 Å². The third-order valence-corrected chi connectivity index (χ3v) is 3.09. The Kier molecular flexibility index (Phi) is 5.74. The maximum Gasteiger partial charge on any atom is 0.187 e. The van der Waals surface area contributed by atoms with Gasteiger partial charge in [-0.05, 0) is 43.3 Å². The molecule has 1 N–H and O–H groups in total. The molecule has 0 amide bonds. The lowest BCUT2D eigenvalue weighted by atomic mass is 10.1. The minimum atomic E-state index is -0.469. The molecule has 0 heterocycles. The largest absolute Gasteiger partial charge is 0.494 e. The minimum Gasteiger partial charge on any atom is -0.494 e. The van der Waals surface area contributed by atoms with Gasteiger partial charge in [-0.15, -0.1) is 0 Å². The molecule has 4 nitrogen and oxygen atoms in total. The molecule has 0 aliphatic carbocycles. The van der Waals surface area contributed by atoms with E-state index in [1.54, 1.807) is 30.3 Å². The molecular formula is C18H18FNO3. The van der Waals surface area contributed by atoms with Crippen LogP contribution in [0, 0.1) is 5.82 Å². The van der Waals surface area contributed by atoms with Crippen molar-refractivity contribution in [2.45, 2.75) is 6.92 Å². The Balaban J connectivity index is 1.96. The molecule has 2 aromatic rings. The summed E-state index contributed by atoms with van der Waals surface area (Å²) in [6, 6.07) is 11.4. The predicted molar refractivity (Wildman–Crippen MR) is 87.7 cm³/mol. The van der Waals surface area contributed by atoms with Crippen molar-refractivity contribution in [3.63, 3.8) is 0 Å². The van der Waals surface area contributed by atoms with Crippen LogP contribution < -0.4 is 14.8 Å². The van der Waals surface area contributed by atoms with Crippen LogP contribution in [0.4, 0.5) is 10.1 Å². The normalized spacial score (nSPS) is 10.6. The van der Waals surface area contributed by atoms with Crippen molar-refractivity contribution in [2.24, 2.45) is 0 Å². The SMILES string of the molecule is CCOc1ccc(C(=O)/C=C/Nc2ccc(OC)c(F)c2)cc1. The van der Waals surface area contributed by atoms with E-state index in [1.807, 2.05) is 6.92 Å². The van der Waals surface area contributed by atoms with Crippen LogP contribution >= 0.6 is 0 Å². The van der Waals surface area contributed by atoms with Gasteiger partial charge in [-0.25, -0.2) is 4.39 Å². The number of benzene rings is 2. The second-order valence-electron chi connectivity index (χ2n) is 4.65. The Morgan fingerprint density at radius 1 is 1.22 bits per heavy atom. The van der Waals surface area contributed by atoms with Crippen molar-refractivity contribution < 1.29 is 18.7 Å². The second-order valence-corrected chi connectivity index (χ2v) is 4.65. The van der Waals surface area contributed by atoms with E-state index in [-0.39, 0.29) is 11.5 Å². The molecule has 0 atom stereocenters. The molecule has 0 bridgehead atoms. The third kappa shape index (κ3) is 4.57. The molecule has 120 valence electrons. The molecule has 0 aliphatic heterocycles. The van der Waals surface area contributed by atoms with E-state index in [1.165, 1.54) is 31.5 Å². The number of hydrogen-bond donors (Lipinski definition) is 1. The number of carbonyl (C=O) groups is 1. The van der Waals surface area contributed by atoms with Crippen molar-refractivity contribution in [2.75, 3.05) is 19.0 Å². The zero-order valence-corrected chi connectivity index (χ0v) is 13.0. The summed E-state index contributed by atoms with van der Waals surface area (Å²) in [6.07, 6.45) is 2.86. The number of allylic oxidation sites excluding steroid dienone is 1. The average Bonchev–Trinajstić information content (AvgIpc) is 2.56. The molecule has 0 unspecified atom stereocenters. The van der Waals surface area contributed by atoms with Crippen molar-refractivity contribution in [3.8, 4) is 11.5 Å². The fourth-order valence-corrected chi connectivity index (χ4v) is 1.95. The summed E-state index contributed by atoms with van der Waals surface area (Å²) < 4.78 is 23.7. The van der Waals surface area contributed by atoms with E-state index in [0.29, 0.717) is 17.9 Å². The van der Waals surface area contributed by atoms with E-state index in [0.717, 1.165) is 5.75 Å². The maximum absolute atomic E-state index is 13.5. The van der Waals surface area contributed by atoms with Crippen molar-refractivity contribution in [3.05, 3.63) is 66.1 Å². The lowest BCUT2D eigenvalue weighted by Gasteiger charge is -2.05. The number of nitrogens with one attached hydrogen (secondary N) is 1. The van der Waals surface area contributed by atoms with Crippen LogP contribution in [0.1, 0.15) is 17.3 Å². The van der Waals surface area contributed by atoms with Crippen LogP contribution in [0.5, 0.6) is 11.5 Å². The first kappa shape index (κ1) is 16.5. The molecule has 0 spiro atoms. The van der Waals surface area contributed by atoms with Crippen molar-refractivity contribution in [1.29, 1.82) is 0 Å². The number of hydrogen-bond acceptors (Lipinski definition) is 4. The van der Waals surface area contributed by atoms with E-state index in [4.69, 9.17) is 9.47 Å². The van der Waals surface area contributed by atoms with Gasteiger partial charge >= 0.3 is 0 Å². The molecular weight excluding hydrogens is 297 g/mol. The Morgan fingerprint density at radius 3 is 2.57 bits per heavy atom. The molecule has 23 heavy (non-hydrogen) atoms. The number of rotatable bonds is 7. The van der Waals surface area contributed by atoms with E-state index >= 15 is 0 Å². The van der Waals surface area contributed by atoms with Crippen LogP contribution in [-0.4, -0.2) is 19.5 Å². The zero-order valence-electron chi connectivity index (χ0n) is 13.0. The van der Waals surface area contributed by atoms with Gasteiger partial charge in [0.05, 0.1) is 13.7 Å². The Bertz CT molecular complexity index is 696. The molecule has 2 rings (SSSR count). The summed E-state index contributed by atoms with van der Waals surface area (Å²) in [7, 11) is 1.40. The van der Waals surface area contributed by atoms with E-state index in [2.05, 4.69) is 5.32 Å². The highest BCUT2D eigenvalue weighted by Gasteiger charge is 2.03. The number of carbonyl (C=O) groups excluding carboxylic acids is 1. The highest BCUT2D eigenvalue weighted by molar-refractivity contribution is 6.04. The summed E-state index contributed by atoms with van der Waals surface area (Å²) in [5.74, 6) is 0.267. The summed E-state index contributed by atoms with van der Waals surface area (Å²) >= 11 is 0. The van der Waals surface area contributed by atoms with Gasteiger partial charge in [0.1, 0.15) is 5.75 Å². The molecule has 0 aliphatic rings. The molecule has 0 fully saturated rings. The maximum atomic E-state index is 13.5. The smallest absolute Gasteiger partial charge is 0.187 e. The highest BCUT2D eigenvalue weighted by Crippen LogP contribution is 2.20. The van der Waals surface area contributed by atoms with Gasteiger partial charge in [0.25, 0.3) is 0 Å². The first-order valence-electron chi connectivity index (χ1n) is 7.18. The lowest BCUT2D eigenvalue weighted by molar-refractivity contribution is 0.104. The standard InChI is InChI=1S/C18H18FNO3/c1-3-23-15-7-4-13(5-8-15)17(21)10-11-20-14-6-9-18(22-2)16(19)12-14/h4-12,20H,3H2,1-2H3/b11-10+. The van der Waals surface area contributed by atoms with Crippen LogP contribution in [0.2, 0.25) is 0 Å². The topological polar surface area (TPSA) is 47.6 Å². The number of methoxy groups -OCH3 is 1. The molecule has 0 aromatic heterocycles. The third-order valence-electron chi connectivity index (χ3n) is 3.09. The molecule has 2 aromatic carbocycles. The number of halogens is 1. The highest BCUT2D eigenvalue weighted by atomic mass is 19.1. The predicted octanol–water partition coefficient (Wildman–Crippen LogP) is 4.04. The molecule has 0 saturated carbocycles. The van der Waals surface area contributed by atoms with E-state index in [9.17, 15) is 9.18 Å². The van der Waals surface area contributed by atoms with Crippen molar-refractivity contribution in [1.82, 2.24) is 0 Å². The van der Waals surface area contributed by atoms with Crippen LogP contribution in [0.3, 0.4) is 0 Å². The summed E-state index contributed by atoms with van der Waals surface area (Å²) in [4.78, 5) is 12.0. The van der Waals surface area contributed by atoms with Crippen LogP contribution in [-0.2, 0) is 0 Å². The van der Waals surface area contributed by atoms with Gasteiger partial charge in [0.15, 0.2) is 17.3 Å². The molecule has 5 heteroatoms. The number of anilines is 1.